The Balaban J connectivity index is 2.38. The third kappa shape index (κ3) is 2.11. The van der Waals surface area contributed by atoms with Gasteiger partial charge in [-0.2, -0.15) is 0 Å². The molecule has 4 heteroatoms. The van der Waals surface area contributed by atoms with Crippen LogP contribution in [0.5, 0.6) is 0 Å². The summed E-state index contributed by atoms with van der Waals surface area (Å²) < 4.78 is 23.7. The molecular weight excluding hydrogens is 150 g/mol. The number of hydrogen-bond acceptors (Lipinski definition) is 2. The fraction of sp³-hybridized carbons (Fsp3) is 0.667. The lowest BCUT2D eigenvalue weighted by atomic mass is 10.4. The van der Waals surface area contributed by atoms with Gasteiger partial charge in [0, 0.05) is 6.04 Å². The fourth-order valence-electron chi connectivity index (χ4n) is 0.886. The summed E-state index contributed by atoms with van der Waals surface area (Å²) in [7, 11) is -3.00. The Hall–Kier alpha value is -0.350. The van der Waals surface area contributed by atoms with Crippen molar-refractivity contribution in [3.63, 3.8) is 0 Å². The molecular formula is C6H11NO2S. The van der Waals surface area contributed by atoms with E-state index in [9.17, 15) is 8.42 Å². The molecule has 1 aliphatic carbocycles. The van der Waals surface area contributed by atoms with E-state index in [0.29, 0.717) is 5.92 Å². The van der Waals surface area contributed by atoms with Crippen molar-refractivity contribution >= 4 is 10.0 Å². The maximum absolute atomic E-state index is 10.6. The highest BCUT2D eigenvalue weighted by molar-refractivity contribution is 7.88. The van der Waals surface area contributed by atoms with E-state index in [0.717, 1.165) is 6.42 Å². The lowest BCUT2D eigenvalue weighted by Gasteiger charge is -1.96. The van der Waals surface area contributed by atoms with Gasteiger partial charge in [-0.3, -0.25) is 0 Å². The maximum atomic E-state index is 10.6. The molecule has 0 unspecified atom stereocenters. The Morgan fingerprint density at radius 3 is 2.60 bits per heavy atom. The van der Waals surface area contributed by atoms with Crippen LogP contribution in [0.3, 0.4) is 0 Å². The highest BCUT2D eigenvalue weighted by atomic mass is 32.2. The normalized spacial score (nSPS) is 31.7. The maximum Gasteiger partial charge on any atom is 0.208 e. The minimum absolute atomic E-state index is 0.118. The second kappa shape index (κ2) is 2.36. The minimum atomic E-state index is -3.00. The Morgan fingerprint density at radius 2 is 2.30 bits per heavy atom. The monoisotopic (exact) mass is 161 g/mol. The van der Waals surface area contributed by atoms with E-state index in [4.69, 9.17) is 0 Å². The van der Waals surface area contributed by atoms with Crippen molar-refractivity contribution in [3.8, 4) is 0 Å². The molecule has 0 bridgehead atoms. The number of sulfonamides is 1. The van der Waals surface area contributed by atoms with Crippen LogP contribution in [-0.4, -0.2) is 20.7 Å². The van der Waals surface area contributed by atoms with Crippen molar-refractivity contribution in [2.75, 3.05) is 6.26 Å². The smallest absolute Gasteiger partial charge is 0.208 e. The highest BCUT2D eigenvalue weighted by Gasteiger charge is 2.36. The van der Waals surface area contributed by atoms with E-state index in [1.807, 2.05) is 0 Å². The van der Waals surface area contributed by atoms with Gasteiger partial charge in [0.1, 0.15) is 0 Å². The van der Waals surface area contributed by atoms with E-state index < -0.39 is 10.0 Å². The Labute approximate surface area is 61.2 Å². The summed E-state index contributed by atoms with van der Waals surface area (Å²) in [6, 6.07) is 0.118. The van der Waals surface area contributed by atoms with Crippen LogP contribution in [0.15, 0.2) is 12.7 Å². The van der Waals surface area contributed by atoms with Gasteiger partial charge in [0.15, 0.2) is 0 Å². The summed E-state index contributed by atoms with van der Waals surface area (Å²) in [5.74, 6) is 0.356. The van der Waals surface area contributed by atoms with Gasteiger partial charge in [-0.15, -0.1) is 6.58 Å². The van der Waals surface area contributed by atoms with Crippen molar-refractivity contribution in [1.82, 2.24) is 4.72 Å². The van der Waals surface area contributed by atoms with Crippen LogP contribution in [0.4, 0.5) is 0 Å². The minimum Gasteiger partial charge on any atom is -0.213 e. The molecule has 0 aromatic rings. The van der Waals surface area contributed by atoms with Crippen molar-refractivity contribution in [2.45, 2.75) is 12.5 Å². The summed E-state index contributed by atoms with van der Waals surface area (Å²) in [6.07, 6.45) is 3.85. The largest absolute Gasteiger partial charge is 0.213 e. The van der Waals surface area contributed by atoms with Crippen LogP contribution < -0.4 is 4.72 Å². The molecule has 0 heterocycles. The average Bonchev–Trinajstić information content (AvgIpc) is 2.42. The molecule has 0 spiro atoms. The first kappa shape index (κ1) is 7.75. The van der Waals surface area contributed by atoms with Crippen LogP contribution in [0.25, 0.3) is 0 Å². The molecule has 0 aromatic carbocycles. The zero-order valence-electron chi connectivity index (χ0n) is 5.87. The van der Waals surface area contributed by atoms with Crippen LogP contribution in [0.1, 0.15) is 6.42 Å². The molecule has 1 rings (SSSR count). The fourth-order valence-corrected chi connectivity index (χ4v) is 1.71. The summed E-state index contributed by atoms with van der Waals surface area (Å²) in [4.78, 5) is 0. The zero-order valence-corrected chi connectivity index (χ0v) is 6.69. The predicted octanol–water partition coefficient (Wildman–Crippen LogP) is 0.110. The van der Waals surface area contributed by atoms with Crippen LogP contribution in [0.2, 0.25) is 0 Å². The first-order valence-corrected chi connectivity index (χ1v) is 5.02. The Bertz CT molecular complexity index is 232. The van der Waals surface area contributed by atoms with Crippen molar-refractivity contribution in [3.05, 3.63) is 12.7 Å². The third-order valence-electron chi connectivity index (χ3n) is 1.51. The molecule has 0 aliphatic heterocycles. The second-order valence-corrected chi connectivity index (χ2v) is 4.41. The topological polar surface area (TPSA) is 46.2 Å². The van der Waals surface area contributed by atoms with E-state index in [-0.39, 0.29) is 6.04 Å². The van der Waals surface area contributed by atoms with Crippen LogP contribution in [0, 0.1) is 5.92 Å². The van der Waals surface area contributed by atoms with Gasteiger partial charge in [-0.25, -0.2) is 13.1 Å². The van der Waals surface area contributed by atoms with Gasteiger partial charge in [0.05, 0.1) is 6.26 Å². The van der Waals surface area contributed by atoms with Gasteiger partial charge < -0.3 is 0 Å². The summed E-state index contributed by atoms with van der Waals surface area (Å²) >= 11 is 0. The molecule has 0 saturated heterocycles. The van der Waals surface area contributed by atoms with E-state index >= 15 is 0 Å². The molecule has 1 N–H and O–H groups in total. The third-order valence-corrected chi connectivity index (χ3v) is 2.24. The Morgan fingerprint density at radius 1 is 1.70 bits per heavy atom. The van der Waals surface area contributed by atoms with Gasteiger partial charge in [-0.1, -0.05) is 6.08 Å². The van der Waals surface area contributed by atoms with Crippen LogP contribution >= 0.6 is 0 Å². The number of hydrogen-bond donors (Lipinski definition) is 1. The molecule has 58 valence electrons. The molecule has 2 atom stereocenters. The molecule has 0 amide bonds. The van der Waals surface area contributed by atoms with Gasteiger partial charge in [0.2, 0.25) is 10.0 Å². The summed E-state index contributed by atoms with van der Waals surface area (Å²) in [5.41, 5.74) is 0. The molecule has 1 fully saturated rings. The van der Waals surface area contributed by atoms with E-state index in [2.05, 4.69) is 11.3 Å². The van der Waals surface area contributed by atoms with E-state index in [1.54, 1.807) is 6.08 Å². The number of rotatable bonds is 3. The molecule has 3 nitrogen and oxygen atoms in total. The quantitative estimate of drug-likeness (QED) is 0.597. The number of nitrogens with one attached hydrogen (secondary N) is 1. The highest BCUT2D eigenvalue weighted by Crippen LogP contribution is 2.31. The standard InChI is InChI=1S/C6H11NO2S/c1-3-5-4-6(5)7-10(2,8)9/h3,5-7H,1,4H2,2H3/t5-,6-/m1/s1. The van der Waals surface area contributed by atoms with Crippen molar-refractivity contribution in [2.24, 2.45) is 5.92 Å². The SMILES string of the molecule is C=C[C@@H]1C[C@H]1NS(C)(=O)=O. The predicted molar refractivity (Wildman–Crippen MR) is 40.1 cm³/mol. The first-order chi connectivity index (χ1) is 4.53. The van der Waals surface area contributed by atoms with Gasteiger partial charge in [0.25, 0.3) is 0 Å². The Kier molecular flexibility index (Phi) is 1.83. The average molecular weight is 161 g/mol. The molecule has 1 aliphatic rings. The lowest BCUT2D eigenvalue weighted by molar-refractivity contribution is 0.586. The first-order valence-electron chi connectivity index (χ1n) is 3.13. The molecule has 10 heavy (non-hydrogen) atoms. The second-order valence-electron chi connectivity index (χ2n) is 2.63. The van der Waals surface area contributed by atoms with Gasteiger partial charge >= 0.3 is 0 Å². The van der Waals surface area contributed by atoms with Crippen molar-refractivity contribution < 1.29 is 8.42 Å². The molecule has 0 radical (unpaired) electrons. The molecule has 1 saturated carbocycles. The van der Waals surface area contributed by atoms with Crippen molar-refractivity contribution in [1.29, 1.82) is 0 Å². The zero-order chi connectivity index (χ0) is 7.78. The van der Waals surface area contributed by atoms with Crippen LogP contribution in [-0.2, 0) is 10.0 Å². The van der Waals surface area contributed by atoms with E-state index in [1.165, 1.54) is 6.26 Å². The summed E-state index contributed by atoms with van der Waals surface area (Å²) in [6.45, 7) is 3.57. The van der Waals surface area contributed by atoms with Gasteiger partial charge in [-0.05, 0) is 12.3 Å². The lowest BCUT2D eigenvalue weighted by Crippen LogP contribution is -2.25. The molecule has 0 aromatic heterocycles. The summed E-state index contributed by atoms with van der Waals surface area (Å²) in [5, 5.41) is 0.